The SMILES string of the molecule is [Tl+].c1ccc(-c2ccn(O[B-](On3ccc(-c4ccccc4)n3)On3ccc(-c4ccccc4)n3)n2)cc1. The molecule has 3 heterocycles. The second-order valence-electron chi connectivity index (χ2n) is 8.01. The molecule has 0 atom stereocenters. The van der Waals surface area contributed by atoms with Crippen molar-refractivity contribution in [2.45, 2.75) is 0 Å². The first-order chi connectivity index (χ1) is 18.3. The molecule has 3 aromatic carbocycles. The number of benzene rings is 3. The summed E-state index contributed by atoms with van der Waals surface area (Å²) < 4.78 is 17.7. The molecule has 0 saturated carbocycles. The fraction of sp³-hybridized carbons (Fsp3) is 0. The van der Waals surface area contributed by atoms with Gasteiger partial charge >= 0.3 is 34.6 Å². The standard InChI is InChI=1S/C27H21BN6O3.Tl/c1-4-10-22(11-5-1)25-16-19-32(29-25)35-28(36-33-20-17-26(30-33)23-12-6-2-7-13-23)37-34-21-18-27(31-34)24-14-8-3-9-15-24;/h1-21H;/q-1;+1. The minimum Gasteiger partial charge on any atom is -0.560 e. The van der Waals surface area contributed by atoms with E-state index in [0.717, 1.165) is 33.8 Å². The minimum absolute atomic E-state index is 0. The van der Waals surface area contributed by atoms with Crippen LogP contribution in [0.3, 0.4) is 0 Å². The second-order valence-corrected chi connectivity index (χ2v) is 8.01. The van der Waals surface area contributed by atoms with Crippen LogP contribution in [0.5, 0.6) is 0 Å². The van der Waals surface area contributed by atoms with Crippen LogP contribution in [0.1, 0.15) is 0 Å². The van der Waals surface area contributed by atoms with E-state index in [9.17, 15) is 0 Å². The van der Waals surface area contributed by atoms with Crippen LogP contribution >= 0.6 is 0 Å². The molecule has 0 saturated heterocycles. The molecule has 1 radical (unpaired) electrons. The number of hydrogen-bond donors (Lipinski definition) is 0. The zero-order chi connectivity index (χ0) is 24.9. The van der Waals surface area contributed by atoms with Crippen molar-refractivity contribution < 1.29 is 14.3 Å². The minimum atomic E-state index is -1.27. The fourth-order valence-corrected chi connectivity index (χ4v) is 3.71. The van der Waals surface area contributed by atoms with Crippen LogP contribution in [0.2, 0.25) is 0 Å². The predicted molar refractivity (Wildman–Crippen MR) is 144 cm³/mol. The Kier molecular flexibility index (Phi) is 7.88. The molecule has 0 spiro atoms. The summed E-state index contributed by atoms with van der Waals surface area (Å²) in [5.41, 5.74) is 5.12. The third-order valence-corrected chi connectivity index (χ3v) is 5.49. The summed E-state index contributed by atoms with van der Waals surface area (Å²) in [6.45, 7) is 0. The monoisotopic (exact) mass is 693 g/mol. The van der Waals surface area contributed by atoms with Gasteiger partial charge in [-0.3, -0.25) is 0 Å². The molecule has 9 nitrogen and oxygen atoms in total. The van der Waals surface area contributed by atoms with Gasteiger partial charge in [0.05, 0.1) is 35.7 Å². The van der Waals surface area contributed by atoms with Crippen molar-refractivity contribution in [3.8, 4) is 33.8 Å². The number of aromatic nitrogens is 6. The Hall–Kier alpha value is -4.32. The van der Waals surface area contributed by atoms with Crippen molar-refractivity contribution >= 4 is 34.6 Å². The van der Waals surface area contributed by atoms with Gasteiger partial charge in [0.1, 0.15) is 0 Å². The van der Waals surface area contributed by atoms with Crippen LogP contribution in [0.25, 0.3) is 33.8 Å². The Balaban J connectivity index is 0.00000294. The van der Waals surface area contributed by atoms with Gasteiger partial charge in [-0.25, -0.2) is 0 Å². The van der Waals surface area contributed by atoms with Crippen LogP contribution in [-0.4, -0.2) is 64.5 Å². The van der Waals surface area contributed by atoms with Crippen molar-refractivity contribution in [3.05, 3.63) is 128 Å². The Morgan fingerprint density at radius 3 is 1.00 bits per heavy atom. The van der Waals surface area contributed by atoms with Crippen molar-refractivity contribution in [2.24, 2.45) is 0 Å². The van der Waals surface area contributed by atoms with Crippen LogP contribution in [0.4, 0.5) is 0 Å². The van der Waals surface area contributed by atoms with E-state index in [1.165, 1.54) is 14.5 Å². The average Bonchev–Trinajstić information content (AvgIpc) is 3.72. The van der Waals surface area contributed by atoms with Gasteiger partial charge in [0.2, 0.25) is 0 Å². The van der Waals surface area contributed by atoms with Crippen LogP contribution in [0, 0.1) is 0 Å². The summed E-state index contributed by atoms with van der Waals surface area (Å²) in [5.74, 6) is 0. The first-order valence-corrected chi connectivity index (χ1v) is 11.6. The van der Waals surface area contributed by atoms with Crippen molar-refractivity contribution in [1.29, 1.82) is 0 Å². The molecule has 11 heteroatoms. The third-order valence-electron chi connectivity index (χ3n) is 5.49. The van der Waals surface area contributed by atoms with Gasteiger partial charge in [-0.15, -0.1) is 15.3 Å². The summed E-state index contributed by atoms with van der Waals surface area (Å²) in [7, 11) is -1.27. The first-order valence-electron chi connectivity index (χ1n) is 11.6. The molecule has 0 bridgehead atoms. The zero-order valence-corrected chi connectivity index (χ0v) is 24.7. The van der Waals surface area contributed by atoms with Crippen molar-refractivity contribution in [1.82, 2.24) is 29.8 Å². The molecule has 183 valence electrons. The van der Waals surface area contributed by atoms with Crippen LogP contribution in [0.15, 0.2) is 128 Å². The molecule has 6 rings (SSSR count). The maximum absolute atomic E-state index is 5.89. The topological polar surface area (TPSA) is 81.1 Å². The van der Waals surface area contributed by atoms with Gasteiger partial charge in [0, 0.05) is 16.7 Å². The van der Waals surface area contributed by atoms with Gasteiger partial charge in [0.15, 0.2) is 0 Å². The Bertz CT molecular complexity index is 1380. The van der Waals surface area contributed by atoms with E-state index < -0.39 is 7.32 Å². The fourth-order valence-electron chi connectivity index (χ4n) is 3.71. The molecule has 0 aliphatic heterocycles. The number of nitrogens with zero attached hydrogens (tertiary/aromatic N) is 6. The molecule has 0 amide bonds. The Labute approximate surface area is 239 Å². The summed E-state index contributed by atoms with van der Waals surface area (Å²) in [6.07, 6.45) is 5.04. The smallest absolute Gasteiger partial charge is 0.560 e. The zero-order valence-electron chi connectivity index (χ0n) is 20.2. The van der Waals surface area contributed by atoms with Crippen LogP contribution < -0.4 is 14.3 Å². The van der Waals surface area contributed by atoms with E-state index in [2.05, 4.69) is 15.3 Å². The normalized spacial score (nSPS) is 10.7. The molecule has 6 aromatic rings. The molecular weight excluding hydrogens is 672 g/mol. The number of rotatable bonds is 9. The molecule has 0 N–H and O–H groups in total. The molecule has 0 fully saturated rings. The van der Waals surface area contributed by atoms with Crippen molar-refractivity contribution in [3.63, 3.8) is 0 Å². The Morgan fingerprint density at radius 1 is 0.421 bits per heavy atom. The van der Waals surface area contributed by atoms with E-state index in [-0.39, 0.29) is 27.3 Å². The van der Waals surface area contributed by atoms with E-state index >= 15 is 0 Å². The summed E-state index contributed by atoms with van der Waals surface area (Å²) in [4.78, 5) is 3.86. The van der Waals surface area contributed by atoms with Crippen LogP contribution in [-0.2, 0) is 0 Å². The van der Waals surface area contributed by atoms with Gasteiger partial charge in [-0.05, 0) is 18.2 Å². The molecule has 3 aromatic heterocycles. The largest absolute Gasteiger partial charge is 1.00 e. The molecule has 0 aliphatic carbocycles. The Morgan fingerprint density at radius 2 is 0.711 bits per heavy atom. The van der Waals surface area contributed by atoms with E-state index in [1.54, 1.807) is 18.6 Å². The molecule has 0 unspecified atom stereocenters. The first kappa shape index (κ1) is 25.3. The average molecular weight is 693 g/mol. The van der Waals surface area contributed by atoms with Gasteiger partial charge in [-0.1, -0.05) is 91.0 Å². The maximum atomic E-state index is 5.89. The maximum Gasteiger partial charge on any atom is 1.00 e. The summed E-state index contributed by atoms with van der Waals surface area (Å²) >= 11 is 0. The summed E-state index contributed by atoms with van der Waals surface area (Å²) in [6, 6.07) is 34.9. The third kappa shape index (κ3) is 5.97. The molecule has 0 aliphatic rings. The summed E-state index contributed by atoms with van der Waals surface area (Å²) in [5, 5.41) is 13.5. The predicted octanol–water partition coefficient (Wildman–Crippen LogP) is 3.57. The van der Waals surface area contributed by atoms with E-state index in [0.29, 0.717) is 0 Å². The van der Waals surface area contributed by atoms with Gasteiger partial charge < -0.3 is 14.3 Å². The van der Waals surface area contributed by atoms with E-state index in [1.807, 2.05) is 109 Å². The number of hydrogen-bond acceptors (Lipinski definition) is 6. The molecular formula is C27H21BN6O3Tl. The molecule has 38 heavy (non-hydrogen) atoms. The van der Waals surface area contributed by atoms with Gasteiger partial charge in [-0.2, -0.15) is 14.5 Å². The quantitative estimate of drug-likeness (QED) is 0.216. The second kappa shape index (κ2) is 11.8. The van der Waals surface area contributed by atoms with Gasteiger partial charge in [0.25, 0.3) is 0 Å². The van der Waals surface area contributed by atoms with Crippen molar-refractivity contribution in [2.75, 3.05) is 0 Å². The van der Waals surface area contributed by atoms with E-state index in [4.69, 9.17) is 14.3 Å².